The van der Waals surface area contributed by atoms with E-state index in [2.05, 4.69) is 62.1 Å². The molecule has 0 aliphatic rings. The Kier molecular flexibility index (Phi) is 2.91. The summed E-state index contributed by atoms with van der Waals surface area (Å²) in [5, 5.41) is 5.49. The molecule has 1 aromatic heterocycles. The summed E-state index contributed by atoms with van der Waals surface area (Å²) in [6.45, 7) is 2.09. The number of nitrogens with zero attached hydrogens (tertiary/aromatic N) is 2. The molecule has 1 unspecified atom stereocenters. The lowest BCUT2D eigenvalue weighted by molar-refractivity contribution is 1.04. The van der Waals surface area contributed by atoms with Crippen molar-refractivity contribution in [2.45, 2.75) is 6.92 Å². The molecule has 0 amide bonds. The van der Waals surface area contributed by atoms with Crippen LogP contribution in [0.25, 0.3) is 10.9 Å². The van der Waals surface area contributed by atoms with E-state index in [0.29, 0.717) is 6.37 Å². The topological polar surface area (TPSA) is 17.8 Å². The summed E-state index contributed by atoms with van der Waals surface area (Å²) >= 11 is 5.85. The molecule has 1 atom stereocenters. The van der Waals surface area contributed by atoms with Gasteiger partial charge in [-0.15, -0.1) is 0 Å². The summed E-state index contributed by atoms with van der Waals surface area (Å²) in [6.07, 6.45) is 2.57. The molecule has 13 heavy (non-hydrogen) atoms. The molecule has 0 radical (unpaired) electrons. The Balaban J connectivity index is 2.77. The number of fused-ring (bicyclic) bond motifs is 1. The van der Waals surface area contributed by atoms with Gasteiger partial charge in [0.1, 0.15) is 0 Å². The van der Waals surface area contributed by atoms with Gasteiger partial charge in [-0.1, -0.05) is 15.9 Å². The molecule has 2 aromatic rings. The number of halogens is 2. The quantitative estimate of drug-likeness (QED) is 0.551. The predicted molar refractivity (Wildman–Crippen MR) is 69.9 cm³/mol. The highest BCUT2D eigenvalue weighted by Gasteiger charge is 2.03. The van der Waals surface area contributed by atoms with E-state index < -0.39 is 0 Å². The molecule has 5 heteroatoms. The normalized spacial score (nSPS) is 11.9. The van der Waals surface area contributed by atoms with Crippen molar-refractivity contribution >= 4 is 55.2 Å². The molecule has 1 heterocycles. The molecule has 68 valence electrons. The van der Waals surface area contributed by atoms with Crippen LogP contribution < -0.4 is 0 Å². The van der Waals surface area contributed by atoms with Gasteiger partial charge in [-0.25, -0.2) is 4.45 Å². The molecule has 0 aliphatic heterocycles. The molecule has 0 spiro atoms. The highest BCUT2D eigenvalue weighted by atomic mass is 127. The molecule has 0 fully saturated rings. The minimum atomic E-state index is 0.662. The predicted octanol–water partition coefficient (Wildman–Crippen LogP) is 3.90. The van der Waals surface area contributed by atoms with Crippen molar-refractivity contribution in [3.63, 3.8) is 0 Å². The molecule has 0 saturated heterocycles. The largest absolute Gasteiger partial charge is 0.237 e. The first-order valence-electron chi connectivity index (χ1n) is 3.73. The molecule has 1 aromatic carbocycles. The Labute approximate surface area is 99.5 Å². The fraction of sp³-hybridized carbons (Fsp3) is 0.125. The van der Waals surface area contributed by atoms with Gasteiger partial charge in [-0.2, -0.15) is 5.10 Å². The van der Waals surface area contributed by atoms with Crippen molar-refractivity contribution < 1.29 is 0 Å². The highest BCUT2D eigenvalue weighted by molar-refractivity contribution is 14.2. The third-order valence-corrected chi connectivity index (χ3v) is 4.67. The monoisotopic (exact) mass is 368 g/mol. The summed E-state index contributed by atoms with van der Waals surface area (Å²) in [6, 6.07) is 4.28. The summed E-state index contributed by atoms with van der Waals surface area (Å²) in [5.74, 6) is 0. The molecule has 2 nitrogen and oxygen atoms in total. The maximum absolute atomic E-state index is 4.30. The standard InChI is InChI=1S/C8H7BrIN2P/c1-5-2-8-6(3-7(5)9)4-11-12(8)13-10/h2-4,13H,1H3. The molecule has 0 saturated carbocycles. The van der Waals surface area contributed by atoms with Crippen LogP contribution in [0.3, 0.4) is 0 Å². The molecular formula is C8H7BrIN2P. The van der Waals surface area contributed by atoms with E-state index in [9.17, 15) is 0 Å². The number of rotatable bonds is 1. The first-order chi connectivity index (χ1) is 6.22. The summed E-state index contributed by atoms with van der Waals surface area (Å²) in [7, 11) is 0. The van der Waals surface area contributed by atoms with E-state index in [0.717, 1.165) is 4.47 Å². The third kappa shape index (κ3) is 1.76. The van der Waals surface area contributed by atoms with E-state index in [1.54, 1.807) is 0 Å². The van der Waals surface area contributed by atoms with Crippen LogP contribution in [0.4, 0.5) is 0 Å². The van der Waals surface area contributed by atoms with Gasteiger partial charge in [0.2, 0.25) is 0 Å². The van der Waals surface area contributed by atoms with Crippen LogP contribution in [0.2, 0.25) is 0 Å². The lowest BCUT2D eigenvalue weighted by Gasteiger charge is -2.00. The fourth-order valence-electron chi connectivity index (χ4n) is 1.22. The average molecular weight is 369 g/mol. The van der Waals surface area contributed by atoms with Crippen molar-refractivity contribution in [2.24, 2.45) is 0 Å². The fourth-order valence-corrected chi connectivity index (χ4v) is 3.12. The zero-order valence-electron chi connectivity index (χ0n) is 6.88. The SMILES string of the molecule is Cc1cc2c(cnn2PI)cc1Br. The minimum Gasteiger partial charge on any atom is -0.237 e. The van der Waals surface area contributed by atoms with Crippen LogP contribution in [0, 0.1) is 6.92 Å². The maximum atomic E-state index is 4.30. The number of hydrogen-bond donors (Lipinski definition) is 0. The Hall–Kier alpha value is 0.330. The van der Waals surface area contributed by atoms with Crippen LogP contribution in [-0.2, 0) is 0 Å². The second kappa shape index (κ2) is 3.83. The second-order valence-corrected chi connectivity index (χ2v) is 5.70. The van der Waals surface area contributed by atoms with Crippen LogP contribution in [0.1, 0.15) is 5.56 Å². The van der Waals surface area contributed by atoms with Crippen molar-refractivity contribution in [1.29, 1.82) is 0 Å². The van der Waals surface area contributed by atoms with E-state index in [1.165, 1.54) is 16.5 Å². The van der Waals surface area contributed by atoms with Crippen molar-refractivity contribution in [3.8, 4) is 0 Å². The Morgan fingerprint density at radius 3 is 3.00 bits per heavy atom. The molecule has 0 N–H and O–H groups in total. The molecule has 2 rings (SSSR count). The van der Waals surface area contributed by atoms with Gasteiger partial charge in [-0.05, 0) is 46.7 Å². The van der Waals surface area contributed by atoms with Crippen LogP contribution in [0.15, 0.2) is 22.8 Å². The number of aryl methyl sites for hydroxylation is 1. The second-order valence-electron chi connectivity index (χ2n) is 2.80. The lowest BCUT2D eigenvalue weighted by Crippen LogP contribution is -1.83. The van der Waals surface area contributed by atoms with Crippen molar-refractivity contribution in [2.75, 3.05) is 0 Å². The smallest absolute Gasteiger partial charge is 0.0732 e. The van der Waals surface area contributed by atoms with E-state index in [4.69, 9.17) is 0 Å². The Morgan fingerprint density at radius 2 is 2.31 bits per heavy atom. The minimum absolute atomic E-state index is 0.662. The Bertz CT molecular complexity index is 455. The van der Waals surface area contributed by atoms with Gasteiger partial charge >= 0.3 is 0 Å². The van der Waals surface area contributed by atoms with Gasteiger partial charge in [0.05, 0.1) is 18.1 Å². The van der Waals surface area contributed by atoms with Crippen LogP contribution in [0.5, 0.6) is 0 Å². The van der Waals surface area contributed by atoms with Gasteiger partial charge in [0.25, 0.3) is 0 Å². The van der Waals surface area contributed by atoms with Crippen LogP contribution in [-0.4, -0.2) is 9.55 Å². The van der Waals surface area contributed by atoms with Gasteiger partial charge in [0, 0.05) is 9.86 Å². The van der Waals surface area contributed by atoms with Gasteiger partial charge in [-0.3, -0.25) is 0 Å². The van der Waals surface area contributed by atoms with Crippen molar-refractivity contribution in [3.05, 3.63) is 28.4 Å². The van der Waals surface area contributed by atoms with E-state index >= 15 is 0 Å². The zero-order valence-corrected chi connectivity index (χ0v) is 11.6. The number of benzene rings is 1. The molecule has 0 aliphatic carbocycles. The maximum Gasteiger partial charge on any atom is 0.0732 e. The number of hydrogen-bond acceptors (Lipinski definition) is 1. The summed E-state index contributed by atoms with van der Waals surface area (Å²) < 4.78 is 3.17. The molecule has 0 bridgehead atoms. The van der Waals surface area contributed by atoms with Gasteiger partial charge in [0.15, 0.2) is 0 Å². The highest BCUT2D eigenvalue weighted by Crippen LogP contribution is 2.30. The van der Waals surface area contributed by atoms with Crippen molar-refractivity contribution in [1.82, 2.24) is 9.55 Å². The average Bonchev–Trinajstić information content (AvgIpc) is 2.48. The lowest BCUT2D eigenvalue weighted by atomic mass is 10.2. The Morgan fingerprint density at radius 1 is 1.54 bits per heavy atom. The summed E-state index contributed by atoms with van der Waals surface area (Å²) in [4.78, 5) is 0. The van der Waals surface area contributed by atoms with E-state index in [-0.39, 0.29) is 0 Å². The number of aromatic nitrogens is 2. The first kappa shape index (κ1) is 9.87. The van der Waals surface area contributed by atoms with Crippen LogP contribution >= 0.6 is 44.3 Å². The van der Waals surface area contributed by atoms with Gasteiger partial charge < -0.3 is 0 Å². The zero-order chi connectivity index (χ0) is 9.42. The molecular weight excluding hydrogens is 362 g/mol. The third-order valence-electron chi connectivity index (χ3n) is 1.93. The van der Waals surface area contributed by atoms with E-state index in [1.807, 2.05) is 10.6 Å². The summed E-state index contributed by atoms with van der Waals surface area (Å²) in [5.41, 5.74) is 2.47. The first-order valence-corrected chi connectivity index (χ1v) is 8.58.